The van der Waals surface area contributed by atoms with Crippen molar-refractivity contribution in [1.29, 1.82) is 0 Å². The number of carbonyl (C=O) groups excluding carboxylic acids is 1. The van der Waals surface area contributed by atoms with Gasteiger partial charge in [-0.3, -0.25) is 4.79 Å². The summed E-state index contributed by atoms with van der Waals surface area (Å²) in [6, 6.07) is 0. The lowest BCUT2D eigenvalue weighted by atomic mass is 10.4. The van der Waals surface area contributed by atoms with Crippen molar-refractivity contribution in [1.82, 2.24) is 19.8 Å². The molecule has 0 saturated carbocycles. The van der Waals surface area contributed by atoms with Crippen LogP contribution in [0.3, 0.4) is 0 Å². The second-order valence-electron chi connectivity index (χ2n) is 4.70. The van der Waals surface area contributed by atoms with Crippen LogP contribution in [0.4, 0.5) is 0 Å². The molecular weight excluding hydrogens is 260 g/mol. The van der Waals surface area contributed by atoms with Crippen LogP contribution in [0.15, 0.2) is 12.5 Å². The van der Waals surface area contributed by atoms with Crippen molar-refractivity contribution in [2.24, 2.45) is 0 Å². The minimum absolute atomic E-state index is 0.115. The summed E-state index contributed by atoms with van der Waals surface area (Å²) < 4.78 is 12.0. The number of morpholine rings is 1. The Hall–Kier alpha value is -1.44. The lowest BCUT2D eigenvalue weighted by molar-refractivity contribution is -0.135. The van der Waals surface area contributed by atoms with Crippen molar-refractivity contribution in [2.75, 3.05) is 46.6 Å². The number of aromatic nitrogens is 2. The Kier molecular flexibility index (Phi) is 5.97. The van der Waals surface area contributed by atoms with Gasteiger partial charge in [-0.2, -0.15) is 0 Å². The summed E-state index contributed by atoms with van der Waals surface area (Å²) in [5.74, 6) is 0.115. The van der Waals surface area contributed by atoms with Gasteiger partial charge in [0.2, 0.25) is 5.91 Å². The number of methoxy groups -OCH3 is 1. The van der Waals surface area contributed by atoms with Crippen molar-refractivity contribution in [2.45, 2.75) is 13.1 Å². The first-order valence-corrected chi connectivity index (χ1v) is 6.85. The lowest BCUT2D eigenvalue weighted by Gasteiger charge is -2.26. The third kappa shape index (κ3) is 4.59. The molecule has 20 heavy (non-hydrogen) atoms. The fourth-order valence-electron chi connectivity index (χ4n) is 2.04. The molecule has 7 heteroatoms. The topological polar surface area (TPSA) is 68.6 Å². The van der Waals surface area contributed by atoms with Crippen LogP contribution < -0.4 is 5.32 Å². The summed E-state index contributed by atoms with van der Waals surface area (Å²) in [7, 11) is 1.67. The quantitative estimate of drug-likeness (QED) is 0.681. The van der Waals surface area contributed by atoms with E-state index in [1.54, 1.807) is 13.4 Å². The average molecular weight is 282 g/mol. The summed E-state index contributed by atoms with van der Waals surface area (Å²) >= 11 is 0. The van der Waals surface area contributed by atoms with Crippen LogP contribution in [0.2, 0.25) is 0 Å². The van der Waals surface area contributed by atoms with E-state index in [2.05, 4.69) is 10.3 Å². The van der Waals surface area contributed by atoms with Crippen LogP contribution in [0.1, 0.15) is 5.69 Å². The number of nitrogens with one attached hydrogen (secondary N) is 1. The third-order valence-corrected chi connectivity index (χ3v) is 3.16. The van der Waals surface area contributed by atoms with E-state index in [0.717, 1.165) is 12.2 Å². The molecule has 1 aliphatic heterocycles. The largest absolute Gasteiger partial charge is 0.383 e. The minimum Gasteiger partial charge on any atom is -0.383 e. The van der Waals surface area contributed by atoms with E-state index in [4.69, 9.17) is 9.47 Å². The van der Waals surface area contributed by atoms with E-state index in [0.29, 0.717) is 46.0 Å². The van der Waals surface area contributed by atoms with Gasteiger partial charge >= 0.3 is 0 Å². The van der Waals surface area contributed by atoms with E-state index in [1.165, 1.54) is 0 Å². The molecule has 7 nitrogen and oxygen atoms in total. The SMILES string of the molecule is COCCNCc1cn(CC(=O)N2CCOCC2)cn1. The zero-order chi connectivity index (χ0) is 14.2. The number of ether oxygens (including phenoxy) is 2. The third-order valence-electron chi connectivity index (χ3n) is 3.16. The van der Waals surface area contributed by atoms with E-state index < -0.39 is 0 Å². The first-order valence-electron chi connectivity index (χ1n) is 6.85. The number of carbonyl (C=O) groups is 1. The molecule has 1 fully saturated rings. The lowest BCUT2D eigenvalue weighted by Crippen LogP contribution is -2.42. The zero-order valence-electron chi connectivity index (χ0n) is 11.9. The van der Waals surface area contributed by atoms with Gasteiger partial charge in [-0.15, -0.1) is 0 Å². The Balaban J connectivity index is 1.75. The predicted octanol–water partition coefficient (Wildman–Crippen LogP) is -0.522. The maximum absolute atomic E-state index is 12.1. The maximum atomic E-state index is 12.1. The number of nitrogens with zero attached hydrogens (tertiary/aromatic N) is 3. The second kappa shape index (κ2) is 7.98. The van der Waals surface area contributed by atoms with Gasteiger partial charge in [0.05, 0.1) is 31.8 Å². The number of hydrogen-bond acceptors (Lipinski definition) is 5. The molecule has 1 aromatic heterocycles. The average Bonchev–Trinajstić information content (AvgIpc) is 2.92. The smallest absolute Gasteiger partial charge is 0.242 e. The van der Waals surface area contributed by atoms with Gasteiger partial charge in [-0.05, 0) is 0 Å². The van der Waals surface area contributed by atoms with Gasteiger partial charge in [0, 0.05) is 39.5 Å². The molecule has 0 radical (unpaired) electrons. The van der Waals surface area contributed by atoms with Crippen LogP contribution in [0, 0.1) is 0 Å². The Labute approximate surface area is 118 Å². The number of imidazole rings is 1. The molecule has 1 aliphatic rings. The molecule has 0 aromatic carbocycles. The van der Waals surface area contributed by atoms with Crippen LogP contribution in [-0.2, 0) is 27.4 Å². The van der Waals surface area contributed by atoms with Gasteiger partial charge < -0.3 is 24.3 Å². The Morgan fingerprint density at radius 1 is 1.50 bits per heavy atom. The zero-order valence-corrected chi connectivity index (χ0v) is 11.9. The number of rotatable bonds is 7. The predicted molar refractivity (Wildman–Crippen MR) is 73.2 cm³/mol. The number of hydrogen-bond donors (Lipinski definition) is 1. The van der Waals surface area contributed by atoms with Crippen molar-refractivity contribution in [3.63, 3.8) is 0 Å². The monoisotopic (exact) mass is 282 g/mol. The molecular formula is C13H22N4O3. The highest BCUT2D eigenvalue weighted by Crippen LogP contribution is 2.01. The maximum Gasteiger partial charge on any atom is 0.242 e. The molecule has 1 aromatic rings. The van der Waals surface area contributed by atoms with E-state index in [1.807, 2.05) is 15.7 Å². The van der Waals surface area contributed by atoms with E-state index >= 15 is 0 Å². The Morgan fingerprint density at radius 2 is 2.30 bits per heavy atom. The van der Waals surface area contributed by atoms with Crippen molar-refractivity contribution >= 4 is 5.91 Å². The van der Waals surface area contributed by atoms with Crippen LogP contribution >= 0.6 is 0 Å². The molecule has 0 aliphatic carbocycles. The van der Waals surface area contributed by atoms with Crippen molar-refractivity contribution < 1.29 is 14.3 Å². The van der Waals surface area contributed by atoms with E-state index in [9.17, 15) is 4.79 Å². The summed E-state index contributed by atoms with van der Waals surface area (Å²) in [5, 5.41) is 3.22. The van der Waals surface area contributed by atoms with Crippen molar-refractivity contribution in [3.05, 3.63) is 18.2 Å². The summed E-state index contributed by atoms with van der Waals surface area (Å²) in [6.45, 7) is 5.10. The van der Waals surface area contributed by atoms with Gasteiger partial charge in [0.15, 0.2) is 0 Å². The fourth-order valence-corrected chi connectivity index (χ4v) is 2.04. The Bertz CT molecular complexity index is 416. The van der Waals surface area contributed by atoms with Gasteiger partial charge in [0.1, 0.15) is 6.54 Å². The highest BCUT2D eigenvalue weighted by molar-refractivity contribution is 5.76. The fraction of sp³-hybridized carbons (Fsp3) is 0.692. The molecule has 0 bridgehead atoms. The van der Waals surface area contributed by atoms with Crippen LogP contribution in [-0.4, -0.2) is 66.9 Å². The first kappa shape index (κ1) is 15.0. The van der Waals surface area contributed by atoms with Gasteiger partial charge in [-0.1, -0.05) is 0 Å². The summed E-state index contributed by atoms with van der Waals surface area (Å²) in [4.78, 5) is 18.2. The number of amides is 1. The molecule has 0 atom stereocenters. The van der Waals surface area contributed by atoms with Crippen molar-refractivity contribution in [3.8, 4) is 0 Å². The molecule has 112 valence electrons. The summed E-state index contributed by atoms with van der Waals surface area (Å²) in [5.41, 5.74) is 0.927. The molecule has 2 rings (SSSR count). The standard InChI is InChI=1S/C13H22N4O3/c1-19-5-2-14-8-12-9-16(11-15-12)10-13(18)17-3-6-20-7-4-17/h9,11,14H,2-8,10H2,1H3. The first-order chi connectivity index (χ1) is 9.79. The molecule has 1 saturated heterocycles. The molecule has 0 spiro atoms. The highest BCUT2D eigenvalue weighted by atomic mass is 16.5. The van der Waals surface area contributed by atoms with Crippen LogP contribution in [0.5, 0.6) is 0 Å². The minimum atomic E-state index is 0.115. The van der Waals surface area contributed by atoms with Crippen LogP contribution in [0.25, 0.3) is 0 Å². The van der Waals surface area contributed by atoms with E-state index in [-0.39, 0.29) is 5.91 Å². The molecule has 2 heterocycles. The normalized spacial score (nSPS) is 15.6. The second-order valence-corrected chi connectivity index (χ2v) is 4.70. The molecule has 0 unspecified atom stereocenters. The highest BCUT2D eigenvalue weighted by Gasteiger charge is 2.16. The Morgan fingerprint density at radius 3 is 3.05 bits per heavy atom. The molecule has 1 amide bonds. The molecule has 1 N–H and O–H groups in total. The van der Waals surface area contributed by atoms with Gasteiger partial charge in [-0.25, -0.2) is 4.98 Å². The van der Waals surface area contributed by atoms with Gasteiger partial charge in [0.25, 0.3) is 0 Å². The summed E-state index contributed by atoms with van der Waals surface area (Å²) in [6.07, 6.45) is 3.60.